The van der Waals surface area contributed by atoms with Gasteiger partial charge in [0, 0.05) is 32.1 Å². The van der Waals surface area contributed by atoms with Crippen LogP contribution in [-0.4, -0.2) is 45.2 Å². The number of hydrogen-bond acceptors (Lipinski definition) is 4. The molecule has 1 aromatic heterocycles. The smallest absolute Gasteiger partial charge is 0.233 e. The van der Waals surface area contributed by atoms with Gasteiger partial charge in [0.05, 0.1) is 12.0 Å². The van der Waals surface area contributed by atoms with Gasteiger partial charge in [0.1, 0.15) is 11.6 Å². The number of piperidine rings is 1. The topological polar surface area (TPSA) is 63.1 Å². The number of nitrogens with one attached hydrogen (secondary N) is 1. The molecule has 156 valence electrons. The lowest BCUT2D eigenvalue weighted by Gasteiger charge is -2.34. The largest absolute Gasteiger partial charge is 0.342 e. The molecular formula is C22H30ClN5O. The van der Waals surface area contributed by atoms with Gasteiger partial charge < -0.3 is 14.8 Å². The number of carbonyl (C=O) groups excluding carboxylic acids is 1. The number of nitrogens with zero attached hydrogens (tertiary/aromatic N) is 4. The summed E-state index contributed by atoms with van der Waals surface area (Å²) in [5, 5.41) is 12.2. The number of likely N-dealkylation sites (tertiary alicyclic amines) is 1. The molecule has 1 saturated carbocycles. The monoisotopic (exact) mass is 415 g/mol. The Kier molecular flexibility index (Phi) is 5.42. The lowest BCUT2D eigenvalue weighted by molar-refractivity contribution is -0.135. The third kappa shape index (κ3) is 3.57. The Hall–Kier alpha value is -1.92. The first-order valence-corrected chi connectivity index (χ1v) is 10.6. The van der Waals surface area contributed by atoms with Crippen molar-refractivity contribution in [2.24, 2.45) is 0 Å². The highest BCUT2D eigenvalue weighted by Gasteiger charge is 2.53. The van der Waals surface area contributed by atoms with Crippen LogP contribution in [0.25, 0.3) is 0 Å². The lowest BCUT2D eigenvalue weighted by Crippen LogP contribution is -2.44. The second-order valence-electron chi connectivity index (χ2n) is 8.83. The van der Waals surface area contributed by atoms with Crippen LogP contribution in [0.3, 0.4) is 0 Å². The van der Waals surface area contributed by atoms with Gasteiger partial charge in [-0.2, -0.15) is 0 Å². The summed E-state index contributed by atoms with van der Waals surface area (Å²) in [7, 11) is 0. The number of carbonyl (C=O) groups is 1. The van der Waals surface area contributed by atoms with E-state index < -0.39 is 0 Å². The van der Waals surface area contributed by atoms with Crippen LogP contribution in [0.5, 0.6) is 0 Å². The van der Waals surface area contributed by atoms with E-state index in [1.807, 2.05) is 0 Å². The maximum Gasteiger partial charge on any atom is 0.233 e. The number of benzene rings is 1. The van der Waals surface area contributed by atoms with Gasteiger partial charge in [0.2, 0.25) is 5.91 Å². The summed E-state index contributed by atoms with van der Waals surface area (Å²) in [6, 6.07) is 6.60. The first kappa shape index (κ1) is 20.4. The minimum Gasteiger partial charge on any atom is -0.342 e. The fraction of sp³-hybridized carbons (Fsp3) is 0.591. The molecule has 0 bridgehead atoms. The molecule has 3 aliphatic rings. The Balaban J connectivity index is 0.00000205. The molecule has 2 aromatic rings. The van der Waals surface area contributed by atoms with Crippen LogP contribution in [0, 0.1) is 13.8 Å². The second kappa shape index (κ2) is 7.73. The van der Waals surface area contributed by atoms with Crippen LogP contribution >= 0.6 is 12.4 Å². The van der Waals surface area contributed by atoms with Crippen molar-refractivity contribution < 1.29 is 4.79 Å². The van der Waals surface area contributed by atoms with Gasteiger partial charge in [-0.15, -0.1) is 22.6 Å². The molecule has 6 nitrogen and oxygen atoms in total. The number of halogens is 1. The van der Waals surface area contributed by atoms with E-state index in [9.17, 15) is 4.79 Å². The van der Waals surface area contributed by atoms with Crippen molar-refractivity contribution in [3.05, 3.63) is 46.5 Å². The maximum atomic E-state index is 13.4. The molecule has 29 heavy (non-hydrogen) atoms. The Morgan fingerprint density at radius 3 is 2.41 bits per heavy atom. The summed E-state index contributed by atoms with van der Waals surface area (Å²) < 4.78 is 2.29. The molecule has 1 saturated heterocycles. The Morgan fingerprint density at radius 1 is 1.07 bits per heavy atom. The van der Waals surface area contributed by atoms with E-state index in [1.54, 1.807) is 0 Å². The first-order chi connectivity index (χ1) is 13.6. The van der Waals surface area contributed by atoms with Crippen molar-refractivity contribution >= 4 is 18.3 Å². The molecule has 0 atom stereocenters. The van der Waals surface area contributed by atoms with Crippen molar-refractivity contribution in [3.63, 3.8) is 0 Å². The van der Waals surface area contributed by atoms with Crippen molar-refractivity contribution in [2.45, 2.75) is 64.0 Å². The average Bonchev–Trinajstić information content (AvgIpc) is 3.40. The van der Waals surface area contributed by atoms with E-state index >= 15 is 0 Å². The zero-order valence-corrected chi connectivity index (χ0v) is 18.1. The molecule has 1 amide bonds. The van der Waals surface area contributed by atoms with Crippen molar-refractivity contribution in [1.29, 1.82) is 0 Å². The maximum absolute atomic E-state index is 13.4. The standard InChI is InChI=1S/C22H29N5O.ClH/c1-15-11-16(2)13-18(12-15)22(5-6-22)21(28)26-8-3-17(4-9-26)20-25-24-19-14-23-7-10-27(19)20;/h11-13,17,23H,3-10,14H2,1-2H3;1H. The summed E-state index contributed by atoms with van der Waals surface area (Å²) in [5.74, 6) is 2.92. The van der Waals surface area contributed by atoms with Crippen molar-refractivity contribution in [1.82, 2.24) is 25.0 Å². The van der Waals surface area contributed by atoms with Gasteiger partial charge in [0.15, 0.2) is 0 Å². The number of aromatic nitrogens is 3. The first-order valence-electron chi connectivity index (χ1n) is 10.6. The summed E-state index contributed by atoms with van der Waals surface area (Å²) in [6.45, 7) is 8.64. The molecule has 0 unspecified atom stereocenters. The summed E-state index contributed by atoms with van der Waals surface area (Å²) >= 11 is 0. The third-order valence-corrected chi connectivity index (χ3v) is 6.73. The zero-order valence-electron chi connectivity index (χ0n) is 17.3. The Morgan fingerprint density at radius 2 is 1.76 bits per heavy atom. The van der Waals surface area contributed by atoms with E-state index in [4.69, 9.17) is 0 Å². The van der Waals surface area contributed by atoms with Gasteiger partial charge in [-0.25, -0.2) is 0 Å². The SMILES string of the molecule is Cc1cc(C)cc(C2(C(=O)N3CCC(c4nnc5n4CCNC5)CC3)CC2)c1.Cl. The highest BCUT2D eigenvalue weighted by Crippen LogP contribution is 2.50. The summed E-state index contributed by atoms with van der Waals surface area (Å²) in [6.07, 6.45) is 3.94. The number of aryl methyl sites for hydroxylation is 2. The molecule has 1 N–H and O–H groups in total. The molecule has 0 spiro atoms. The molecular weight excluding hydrogens is 386 g/mol. The van der Waals surface area contributed by atoms with Gasteiger partial charge in [0.25, 0.3) is 0 Å². The minimum atomic E-state index is -0.261. The Bertz CT molecular complexity index is 892. The Labute approximate surface area is 178 Å². The predicted molar refractivity (Wildman–Crippen MR) is 114 cm³/mol. The quantitative estimate of drug-likeness (QED) is 0.837. The summed E-state index contributed by atoms with van der Waals surface area (Å²) in [4.78, 5) is 15.5. The predicted octanol–water partition coefficient (Wildman–Crippen LogP) is 2.86. The molecule has 1 aromatic carbocycles. The average molecular weight is 416 g/mol. The van der Waals surface area contributed by atoms with Crippen molar-refractivity contribution in [3.8, 4) is 0 Å². The highest BCUT2D eigenvalue weighted by molar-refractivity contribution is 5.91. The second-order valence-corrected chi connectivity index (χ2v) is 8.83. The zero-order chi connectivity index (χ0) is 19.3. The molecule has 1 aliphatic carbocycles. The highest BCUT2D eigenvalue weighted by atomic mass is 35.5. The molecule has 5 rings (SSSR count). The fourth-order valence-electron chi connectivity index (χ4n) is 5.06. The normalized spacial score (nSPS) is 20.7. The van der Waals surface area contributed by atoms with Gasteiger partial charge in [-0.05, 0) is 45.1 Å². The fourth-order valence-corrected chi connectivity index (χ4v) is 5.06. The molecule has 2 aliphatic heterocycles. The van der Waals surface area contributed by atoms with Crippen LogP contribution in [0.4, 0.5) is 0 Å². The van der Waals surface area contributed by atoms with E-state index in [-0.39, 0.29) is 17.8 Å². The van der Waals surface area contributed by atoms with Crippen LogP contribution in [0.15, 0.2) is 18.2 Å². The summed E-state index contributed by atoms with van der Waals surface area (Å²) in [5.41, 5.74) is 3.46. The van der Waals surface area contributed by atoms with Gasteiger partial charge in [-0.1, -0.05) is 29.3 Å². The van der Waals surface area contributed by atoms with Crippen LogP contribution in [0.2, 0.25) is 0 Å². The van der Waals surface area contributed by atoms with Crippen LogP contribution < -0.4 is 5.32 Å². The number of fused-ring (bicyclic) bond motifs is 1. The third-order valence-electron chi connectivity index (χ3n) is 6.73. The van der Waals surface area contributed by atoms with Crippen molar-refractivity contribution in [2.75, 3.05) is 19.6 Å². The molecule has 2 fully saturated rings. The molecule has 7 heteroatoms. The van der Waals surface area contributed by atoms with Crippen LogP contribution in [0.1, 0.15) is 59.9 Å². The van der Waals surface area contributed by atoms with Crippen LogP contribution in [-0.2, 0) is 23.3 Å². The van der Waals surface area contributed by atoms with E-state index in [0.717, 1.165) is 70.1 Å². The number of amides is 1. The van der Waals surface area contributed by atoms with Gasteiger partial charge in [-0.3, -0.25) is 4.79 Å². The molecule has 3 heterocycles. The minimum absolute atomic E-state index is 0. The number of hydrogen-bond donors (Lipinski definition) is 1. The van der Waals surface area contributed by atoms with E-state index in [2.05, 4.69) is 57.0 Å². The van der Waals surface area contributed by atoms with E-state index in [1.165, 1.54) is 16.7 Å². The number of rotatable bonds is 3. The lowest BCUT2D eigenvalue weighted by atomic mass is 9.89. The van der Waals surface area contributed by atoms with E-state index in [0.29, 0.717) is 11.8 Å². The van der Waals surface area contributed by atoms with Gasteiger partial charge >= 0.3 is 0 Å². The molecule has 0 radical (unpaired) electrons.